The summed E-state index contributed by atoms with van der Waals surface area (Å²) in [5.74, 6) is -0.127. The van der Waals surface area contributed by atoms with Crippen LogP contribution in [0.4, 0.5) is 11.4 Å². The number of rotatable bonds is 5. The molecule has 3 aromatic rings. The second kappa shape index (κ2) is 8.94. The zero-order valence-electron chi connectivity index (χ0n) is 19.6. The lowest BCUT2D eigenvalue weighted by Gasteiger charge is -2.27. The monoisotopic (exact) mass is 516 g/mol. The number of nitrogens with zero attached hydrogens (tertiary/aromatic N) is 2. The highest BCUT2D eigenvalue weighted by Gasteiger charge is 2.42. The molecule has 0 spiro atoms. The fraction of sp³-hybridized carbons (Fsp3) is 0.250. The van der Waals surface area contributed by atoms with E-state index >= 15 is 0 Å². The molecule has 2 fully saturated rings. The van der Waals surface area contributed by atoms with Crippen LogP contribution in [0.2, 0.25) is 0 Å². The minimum absolute atomic E-state index is 0.283. The normalized spacial score (nSPS) is 22.0. The lowest BCUT2D eigenvalue weighted by molar-refractivity contribution is -0.140. The molecule has 1 amide bonds. The molecule has 3 aliphatic rings. The summed E-state index contributed by atoms with van der Waals surface area (Å²) in [6.07, 6.45) is 5.30. The fourth-order valence-corrected chi connectivity index (χ4v) is 6.97. The molecule has 6 rings (SSSR count). The van der Waals surface area contributed by atoms with Gasteiger partial charge in [0.1, 0.15) is 16.6 Å². The number of methoxy groups -OCH3 is 1. The Labute approximate surface area is 218 Å². The predicted octanol–water partition coefficient (Wildman–Crippen LogP) is 5.92. The highest BCUT2D eigenvalue weighted by atomic mass is 32.2. The number of amides is 1. The van der Waals surface area contributed by atoms with Gasteiger partial charge in [0.15, 0.2) is 0 Å². The van der Waals surface area contributed by atoms with E-state index in [0.717, 1.165) is 46.2 Å². The van der Waals surface area contributed by atoms with Gasteiger partial charge in [-0.15, -0.1) is 0 Å². The molecule has 2 heterocycles. The molecule has 2 atom stereocenters. The van der Waals surface area contributed by atoms with Crippen molar-refractivity contribution in [1.29, 1.82) is 0 Å². The van der Waals surface area contributed by atoms with Gasteiger partial charge in [-0.1, -0.05) is 48.6 Å². The first kappa shape index (κ1) is 23.1. The zero-order valence-corrected chi connectivity index (χ0v) is 21.3. The Kier molecular flexibility index (Phi) is 5.73. The standard InChI is InChI=1S/C28H24N2O4S2/c1-34-20-9-7-17-13-19(8-6-18(17)14-20)30-23-4-2-3-21(23)22-11-16(5-10-24(22)30)12-25-27(33)29(15-26(31)32)28(35)36-25/h5-14,21,23H,2-4,15H2,1H3,(H,31,32)/b25-12-. The summed E-state index contributed by atoms with van der Waals surface area (Å²) in [5.41, 5.74) is 4.64. The molecule has 182 valence electrons. The molecule has 1 aliphatic carbocycles. The molecular weight excluding hydrogens is 492 g/mol. The lowest BCUT2D eigenvalue weighted by Crippen LogP contribution is -2.33. The molecule has 3 aromatic carbocycles. The van der Waals surface area contributed by atoms with Gasteiger partial charge in [0, 0.05) is 23.3 Å². The largest absolute Gasteiger partial charge is 0.497 e. The summed E-state index contributed by atoms with van der Waals surface area (Å²) in [5, 5.41) is 11.4. The van der Waals surface area contributed by atoms with Crippen LogP contribution in [0.3, 0.4) is 0 Å². The molecule has 0 aromatic heterocycles. The van der Waals surface area contributed by atoms with Crippen molar-refractivity contribution in [3.63, 3.8) is 0 Å². The Morgan fingerprint density at radius 2 is 1.94 bits per heavy atom. The summed E-state index contributed by atoms with van der Waals surface area (Å²) in [7, 11) is 1.68. The van der Waals surface area contributed by atoms with Gasteiger partial charge in [-0.2, -0.15) is 0 Å². The number of fused-ring (bicyclic) bond motifs is 4. The summed E-state index contributed by atoms with van der Waals surface area (Å²) in [4.78, 5) is 27.9. The van der Waals surface area contributed by atoms with Crippen molar-refractivity contribution in [2.45, 2.75) is 31.2 Å². The third-order valence-corrected chi connectivity index (χ3v) is 8.67. The van der Waals surface area contributed by atoms with E-state index in [2.05, 4.69) is 47.4 Å². The highest BCUT2D eigenvalue weighted by molar-refractivity contribution is 8.26. The van der Waals surface area contributed by atoms with E-state index in [1.807, 2.05) is 18.2 Å². The summed E-state index contributed by atoms with van der Waals surface area (Å²) >= 11 is 6.40. The smallest absolute Gasteiger partial charge is 0.323 e. The van der Waals surface area contributed by atoms with Crippen LogP contribution in [0.25, 0.3) is 16.8 Å². The molecule has 0 radical (unpaired) electrons. The van der Waals surface area contributed by atoms with E-state index in [4.69, 9.17) is 22.1 Å². The SMILES string of the molecule is COc1ccc2cc(N3c4ccc(/C=C5\SC(=S)N(CC(=O)O)C5=O)cc4C4CCCC43)ccc2c1. The van der Waals surface area contributed by atoms with Crippen LogP contribution in [0, 0.1) is 0 Å². The molecular formula is C28H24N2O4S2. The number of thiocarbonyl (C=S) groups is 1. The van der Waals surface area contributed by atoms with E-state index in [1.165, 1.54) is 28.7 Å². The molecule has 8 heteroatoms. The average Bonchev–Trinajstić information content (AvgIpc) is 3.53. The molecule has 2 unspecified atom stereocenters. The van der Waals surface area contributed by atoms with Gasteiger partial charge >= 0.3 is 5.97 Å². The minimum Gasteiger partial charge on any atom is -0.497 e. The third kappa shape index (κ3) is 3.85. The number of anilines is 2. The first-order valence-corrected chi connectivity index (χ1v) is 13.1. The van der Waals surface area contributed by atoms with Gasteiger partial charge in [-0.05, 0) is 77.2 Å². The number of hydrogen-bond donors (Lipinski definition) is 1. The average molecular weight is 517 g/mol. The number of carbonyl (C=O) groups is 2. The van der Waals surface area contributed by atoms with Gasteiger partial charge in [0.25, 0.3) is 5.91 Å². The van der Waals surface area contributed by atoms with Crippen LogP contribution in [-0.4, -0.2) is 45.9 Å². The van der Waals surface area contributed by atoms with E-state index in [-0.39, 0.29) is 10.2 Å². The first-order chi connectivity index (χ1) is 17.4. The Bertz CT molecular complexity index is 1470. The Morgan fingerprint density at radius 3 is 2.75 bits per heavy atom. The van der Waals surface area contributed by atoms with Gasteiger partial charge in [0.05, 0.1) is 12.0 Å². The fourth-order valence-electron chi connectivity index (χ4n) is 5.71. The van der Waals surface area contributed by atoms with Crippen LogP contribution >= 0.6 is 24.0 Å². The highest BCUT2D eigenvalue weighted by Crippen LogP contribution is 2.53. The number of carboxylic acids is 1. The van der Waals surface area contributed by atoms with Crippen molar-refractivity contribution in [2.75, 3.05) is 18.6 Å². The van der Waals surface area contributed by atoms with Gasteiger partial charge < -0.3 is 14.7 Å². The van der Waals surface area contributed by atoms with Crippen molar-refractivity contribution in [3.05, 3.63) is 70.6 Å². The number of carbonyl (C=O) groups excluding carboxylic acids is 1. The van der Waals surface area contributed by atoms with Crippen LogP contribution in [0.1, 0.15) is 36.3 Å². The maximum absolute atomic E-state index is 12.7. The van der Waals surface area contributed by atoms with Crippen molar-refractivity contribution < 1.29 is 19.4 Å². The molecule has 36 heavy (non-hydrogen) atoms. The minimum atomic E-state index is -1.08. The van der Waals surface area contributed by atoms with Crippen molar-refractivity contribution >= 4 is 68.4 Å². The van der Waals surface area contributed by atoms with Gasteiger partial charge in [0.2, 0.25) is 0 Å². The molecule has 1 saturated carbocycles. The zero-order chi connectivity index (χ0) is 25.0. The molecule has 2 aliphatic heterocycles. The lowest BCUT2D eigenvalue weighted by atomic mass is 9.96. The maximum atomic E-state index is 12.7. The topological polar surface area (TPSA) is 70.1 Å². The summed E-state index contributed by atoms with van der Waals surface area (Å²) in [6, 6.07) is 19.5. The number of hydrogen-bond acceptors (Lipinski definition) is 6. The van der Waals surface area contributed by atoms with Crippen LogP contribution in [0.15, 0.2) is 59.5 Å². The van der Waals surface area contributed by atoms with E-state index < -0.39 is 12.5 Å². The number of aliphatic carboxylic acids is 1. The van der Waals surface area contributed by atoms with Crippen LogP contribution in [-0.2, 0) is 9.59 Å². The van der Waals surface area contributed by atoms with Crippen molar-refractivity contribution in [2.24, 2.45) is 0 Å². The number of carboxylic acid groups (broad SMARTS) is 1. The Morgan fingerprint density at radius 1 is 1.14 bits per heavy atom. The second-order valence-electron chi connectivity index (χ2n) is 9.35. The van der Waals surface area contributed by atoms with Crippen molar-refractivity contribution in [1.82, 2.24) is 4.90 Å². The molecule has 0 bridgehead atoms. The van der Waals surface area contributed by atoms with Gasteiger partial charge in [-0.3, -0.25) is 14.5 Å². The molecule has 1 N–H and O–H groups in total. The third-order valence-electron chi connectivity index (χ3n) is 7.30. The second-order valence-corrected chi connectivity index (χ2v) is 11.0. The number of thioether (sulfide) groups is 1. The number of ether oxygens (including phenoxy) is 1. The van der Waals surface area contributed by atoms with Crippen molar-refractivity contribution in [3.8, 4) is 5.75 Å². The Hall–Kier alpha value is -3.36. The van der Waals surface area contributed by atoms with E-state index in [9.17, 15) is 9.59 Å². The van der Waals surface area contributed by atoms with E-state index in [1.54, 1.807) is 7.11 Å². The van der Waals surface area contributed by atoms with Gasteiger partial charge in [-0.25, -0.2) is 0 Å². The quantitative estimate of drug-likeness (QED) is 0.333. The van der Waals surface area contributed by atoms with E-state index in [0.29, 0.717) is 16.9 Å². The number of benzene rings is 3. The Balaban J connectivity index is 1.35. The van der Waals surface area contributed by atoms with Crippen LogP contribution in [0.5, 0.6) is 5.75 Å². The maximum Gasteiger partial charge on any atom is 0.323 e. The summed E-state index contributed by atoms with van der Waals surface area (Å²) < 4.78 is 5.66. The first-order valence-electron chi connectivity index (χ1n) is 11.9. The van der Waals surface area contributed by atoms with Crippen LogP contribution < -0.4 is 9.64 Å². The predicted molar refractivity (Wildman–Crippen MR) is 147 cm³/mol. The summed E-state index contributed by atoms with van der Waals surface area (Å²) in [6.45, 7) is -0.413. The molecule has 1 saturated heterocycles. The molecule has 6 nitrogen and oxygen atoms in total.